The molecule has 0 bridgehead atoms. The maximum absolute atomic E-state index is 11.7. The summed E-state index contributed by atoms with van der Waals surface area (Å²) in [4.78, 5) is 8.73. The van der Waals surface area contributed by atoms with Crippen LogP contribution in [0.25, 0.3) is 22.0 Å². The fourth-order valence-corrected chi connectivity index (χ4v) is 3.45. The van der Waals surface area contributed by atoms with Gasteiger partial charge in [-0.3, -0.25) is 4.72 Å². The van der Waals surface area contributed by atoms with Crippen LogP contribution in [0.1, 0.15) is 20.3 Å². The van der Waals surface area contributed by atoms with E-state index in [1.54, 1.807) is 18.5 Å². The Morgan fingerprint density at radius 1 is 1.07 bits per heavy atom. The molecule has 0 aliphatic heterocycles. The van der Waals surface area contributed by atoms with Crippen molar-refractivity contribution in [2.45, 2.75) is 20.3 Å². The Balaban J connectivity index is 2.02. The van der Waals surface area contributed by atoms with E-state index in [-0.39, 0.29) is 0 Å². The highest BCUT2D eigenvalue weighted by Gasteiger charge is 2.11. The van der Waals surface area contributed by atoms with Gasteiger partial charge in [0.15, 0.2) is 0 Å². The smallest absolute Gasteiger partial charge is 0.229 e. The Labute approximate surface area is 160 Å². The summed E-state index contributed by atoms with van der Waals surface area (Å²) >= 11 is 0. The molecule has 1 heterocycles. The summed E-state index contributed by atoms with van der Waals surface area (Å²) in [6, 6.07) is 13.2. The van der Waals surface area contributed by atoms with Crippen molar-refractivity contribution >= 4 is 32.4 Å². The van der Waals surface area contributed by atoms with Gasteiger partial charge in [0.2, 0.25) is 10.0 Å². The molecule has 0 saturated heterocycles. The van der Waals surface area contributed by atoms with Gasteiger partial charge in [-0.15, -0.1) is 0 Å². The summed E-state index contributed by atoms with van der Waals surface area (Å²) in [5.74, 6) is 1.39. The lowest BCUT2D eigenvalue weighted by Crippen LogP contribution is -2.10. The third-order valence-electron chi connectivity index (χ3n) is 4.18. The molecule has 0 saturated carbocycles. The first kappa shape index (κ1) is 19.1. The highest BCUT2D eigenvalue weighted by molar-refractivity contribution is 7.92. The summed E-state index contributed by atoms with van der Waals surface area (Å²) in [5, 5.41) is 4.30. The molecule has 2 N–H and O–H groups in total. The van der Waals surface area contributed by atoms with Gasteiger partial charge in [0.1, 0.15) is 12.1 Å². The molecule has 0 radical (unpaired) electrons. The average Bonchev–Trinajstić information content (AvgIpc) is 2.60. The number of hydrogen-bond acceptors (Lipinski definition) is 5. The van der Waals surface area contributed by atoms with E-state index < -0.39 is 10.0 Å². The maximum atomic E-state index is 11.7. The number of rotatable bonds is 7. The van der Waals surface area contributed by atoms with Gasteiger partial charge >= 0.3 is 0 Å². The number of anilines is 2. The molecule has 0 atom stereocenters. The molecular weight excluding hydrogens is 360 g/mol. The molecule has 2 aromatic carbocycles. The van der Waals surface area contributed by atoms with E-state index in [9.17, 15) is 8.42 Å². The van der Waals surface area contributed by atoms with Crippen LogP contribution in [0.5, 0.6) is 0 Å². The zero-order valence-electron chi connectivity index (χ0n) is 15.7. The lowest BCUT2D eigenvalue weighted by Gasteiger charge is -2.13. The van der Waals surface area contributed by atoms with E-state index in [1.165, 1.54) is 0 Å². The lowest BCUT2D eigenvalue weighted by molar-refractivity contribution is 0.606. The van der Waals surface area contributed by atoms with Crippen molar-refractivity contribution in [2.24, 2.45) is 5.92 Å². The van der Waals surface area contributed by atoms with Crippen molar-refractivity contribution in [3.63, 3.8) is 0 Å². The average molecular weight is 385 g/mol. The molecular formula is C20H24N4O2S. The van der Waals surface area contributed by atoms with Crippen LogP contribution in [0, 0.1) is 5.92 Å². The summed E-state index contributed by atoms with van der Waals surface area (Å²) in [7, 11) is -3.37. The number of hydrogen-bond donors (Lipinski definition) is 2. The van der Waals surface area contributed by atoms with Crippen LogP contribution in [0.3, 0.4) is 0 Å². The van der Waals surface area contributed by atoms with Gasteiger partial charge < -0.3 is 5.32 Å². The van der Waals surface area contributed by atoms with Gasteiger partial charge in [-0.25, -0.2) is 18.4 Å². The molecule has 7 heteroatoms. The predicted molar refractivity (Wildman–Crippen MR) is 111 cm³/mol. The Morgan fingerprint density at radius 3 is 2.59 bits per heavy atom. The fourth-order valence-electron chi connectivity index (χ4n) is 2.87. The molecule has 0 aliphatic carbocycles. The molecule has 3 rings (SSSR count). The molecule has 0 spiro atoms. The van der Waals surface area contributed by atoms with Crippen LogP contribution in [0.4, 0.5) is 11.5 Å². The summed E-state index contributed by atoms with van der Waals surface area (Å²) in [6.07, 6.45) is 3.75. The van der Waals surface area contributed by atoms with Gasteiger partial charge in [-0.2, -0.15) is 0 Å². The highest BCUT2D eigenvalue weighted by atomic mass is 32.2. The van der Waals surface area contributed by atoms with E-state index in [0.29, 0.717) is 11.6 Å². The van der Waals surface area contributed by atoms with E-state index in [2.05, 4.69) is 33.9 Å². The molecule has 0 fully saturated rings. The van der Waals surface area contributed by atoms with Crippen LogP contribution in [-0.4, -0.2) is 31.2 Å². The van der Waals surface area contributed by atoms with Crippen LogP contribution < -0.4 is 10.0 Å². The number of benzene rings is 2. The highest BCUT2D eigenvalue weighted by Crippen LogP contribution is 2.32. The first-order valence-corrected chi connectivity index (χ1v) is 10.8. The third-order valence-corrected chi connectivity index (χ3v) is 4.77. The molecule has 27 heavy (non-hydrogen) atoms. The third kappa shape index (κ3) is 4.95. The van der Waals surface area contributed by atoms with Gasteiger partial charge in [0.05, 0.1) is 17.5 Å². The van der Waals surface area contributed by atoms with Crippen molar-refractivity contribution in [3.05, 3.63) is 48.8 Å². The van der Waals surface area contributed by atoms with Gasteiger partial charge in [0, 0.05) is 17.5 Å². The first-order chi connectivity index (χ1) is 12.8. The summed E-state index contributed by atoms with van der Waals surface area (Å²) in [5.41, 5.74) is 3.10. The van der Waals surface area contributed by atoms with Crippen molar-refractivity contribution in [2.75, 3.05) is 22.8 Å². The molecule has 0 unspecified atom stereocenters. The minimum Gasteiger partial charge on any atom is -0.369 e. The van der Waals surface area contributed by atoms with Crippen molar-refractivity contribution in [3.8, 4) is 11.1 Å². The van der Waals surface area contributed by atoms with Crippen LogP contribution >= 0.6 is 0 Å². The van der Waals surface area contributed by atoms with Crippen LogP contribution in [-0.2, 0) is 10.0 Å². The minimum atomic E-state index is -3.37. The number of para-hydroxylation sites is 1. The summed E-state index contributed by atoms with van der Waals surface area (Å²) < 4.78 is 25.9. The Bertz CT molecular complexity index is 1050. The molecule has 142 valence electrons. The molecule has 6 nitrogen and oxygen atoms in total. The molecule has 0 amide bonds. The minimum absolute atomic E-state index is 0.547. The van der Waals surface area contributed by atoms with E-state index in [0.717, 1.165) is 47.1 Å². The number of sulfonamides is 1. The Hall–Kier alpha value is -2.67. The quantitative estimate of drug-likeness (QED) is 0.640. The number of nitrogens with zero attached hydrogens (tertiary/aromatic N) is 2. The second-order valence-electron chi connectivity index (χ2n) is 6.98. The second kappa shape index (κ2) is 7.92. The van der Waals surface area contributed by atoms with Crippen LogP contribution in [0.2, 0.25) is 0 Å². The monoisotopic (exact) mass is 384 g/mol. The fraction of sp³-hybridized carbons (Fsp3) is 0.300. The lowest BCUT2D eigenvalue weighted by atomic mass is 10.0. The Kier molecular flexibility index (Phi) is 5.60. The first-order valence-electron chi connectivity index (χ1n) is 8.89. The maximum Gasteiger partial charge on any atom is 0.229 e. The van der Waals surface area contributed by atoms with E-state index in [4.69, 9.17) is 0 Å². The molecule has 3 aromatic rings. The largest absolute Gasteiger partial charge is 0.369 e. The van der Waals surface area contributed by atoms with Crippen molar-refractivity contribution in [1.29, 1.82) is 0 Å². The van der Waals surface area contributed by atoms with Gasteiger partial charge in [0.25, 0.3) is 0 Å². The zero-order chi connectivity index (χ0) is 19.4. The van der Waals surface area contributed by atoms with E-state index in [1.807, 2.05) is 30.3 Å². The number of nitrogens with one attached hydrogen (secondary N) is 2. The topological polar surface area (TPSA) is 84.0 Å². The van der Waals surface area contributed by atoms with E-state index >= 15 is 0 Å². The number of aromatic nitrogens is 2. The molecule has 0 aliphatic rings. The predicted octanol–water partition coefficient (Wildman–Crippen LogP) is 4.13. The van der Waals surface area contributed by atoms with Gasteiger partial charge in [-0.05, 0) is 36.1 Å². The van der Waals surface area contributed by atoms with Gasteiger partial charge in [-0.1, -0.05) is 38.1 Å². The number of fused-ring (bicyclic) bond motifs is 1. The normalized spacial score (nSPS) is 11.7. The van der Waals surface area contributed by atoms with Crippen molar-refractivity contribution in [1.82, 2.24) is 9.97 Å². The van der Waals surface area contributed by atoms with Crippen molar-refractivity contribution < 1.29 is 8.42 Å². The van der Waals surface area contributed by atoms with Crippen LogP contribution in [0.15, 0.2) is 48.8 Å². The summed E-state index contributed by atoms with van der Waals surface area (Å²) in [6.45, 7) is 5.20. The zero-order valence-corrected chi connectivity index (χ0v) is 16.5. The second-order valence-corrected chi connectivity index (χ2v) is 8.73. The standard InChI is InChI=1S/C20H24N4O2S/c1-14(2)10-11-21-20-17-12-15(8-9-18(17)22-13-23-20)16-6-4-5-7-19(16)24-27(3,25)26/h4-9,12-14,24H,10-11H2,1-3H3,(H,21,22,23). The SMILES string of the molecule is CC(C)CCNc1ncnc2ccc(-c3ccccc3NS(C)(=O)=O)cc12. The molecule has 1 aromatic heterocycles. The Morgan fingerprint density at radius 2 is 1.85 bits per heavy atom.